The van der Waals surface area contributed by atoms with Crippen molar-refractivity contribution in [3.05, 3.63) is 123 Å². The van der Waals surface area contributed by atoms with Gasteiger partial charge in [0.1, 0.15) is 0 Å². The zero-order valence-corrected chi connectivity index (χ0v) is 15.3. The number of aromatic nitrogens is 1. The molecule has 0 unspecified atom stereocenters. The number of nitrogens with zero attached hydrogens (tertiary/aromatic N) is 1. The van der Waals surface area contributed by atoms with Crippen molar-refractivity contribution in [1.29, 1.82) is 0 Å². The average molecular weight is 366 g/mol. The van der Waals surface area contributed by atoms with Crippen LogP contribution in [-0.4, -0.2) is 4.98 Å². The molecule has 0 saturated heterocycles. The molecule has 0 radical (unpaired) electrons. The first-order valence-electron chi connectivity index (χ1n) is 9.24. The quantitative estimate of drug-likeness (QED) is 0.329. The maximum atomic E-state index is 6.02. The van der Waals surface area contributed by atoms with Gasteiger partial charge in [-0.05, 0) is 51.6 Å². The summed E-state index contributed by atoms with van der Waals surface area (Å²) in [5.41, 5.74) is 10.7. The van der Waals surface area contributed by atoms with E-state index in [1.165, 1.54) is 33.4 Å². The highest BCUT2D eigenvalue weighted by Crippen LogP contribution is 2.55. The molecule has 1 heterocycles. The second-order valence-corrected chi connectivity index (χ2v) is 7.77. The topological polar surface area (TPSA) is 12.9 Å². The summed E-state index contributed by atoms with van der Waals surface area (Å²) in [6.07, 6.45) is 1.72. The third-order valence-electron chi connectivity index (χ3n) is 5.97. The van der Waals surface area contributed by atoms with Gasteiger partial charge in [0.25, 0.3) is 0 Å². The number of halogens is 1. The Kier molecular flexibility index (Phi) is 3.12. The highest BCUT2D eigenvalue weighted by Gasteiger charge is 2.40. The van der Waals surface area contributed by atoms with E-state index in [-0.39, 0.29) is 0 Å². The molecule has 0 atom stereocenters. The Labute approximate surface area is 163 Å². The normalized spacial score (nSPS) is 18.6. The lowest BCUT2D eigenvalue weighted by atomic mass is 9.61. The molecule has 7 rings (SSSR count). The van der Waals surface area contributed by atoms with E-state index in [0.717, 1.165) is 11.3 Å². The minimum absolute atomic E-state index is 0.296. The van der Waals surface area contributed by atoms with Crippen LogP contribution in [-0.2, 0) is 0 Å². The Morgan fingerprint density at radius 3 is 1.70 bits per heavy atom. The molecule has 0 aliphatic heterocycles. The summed E-state index contributed by atoms with van der Waals surface area (Å²) in [6.45, 7) is 0. The number of hydrogen-bond donors (Lipinski definition) is 0. The van der Waals surface area contributed by atoms with Crippen molar-refractivity contribution in [2.75, 3.05) is 0 Å². The fraction of sp³-hybridized carbons (Fsp3) is 0.0800. The van der Waals surface area contributed by atoms with Crippen LogP contribution in [0.4, 0.5) is 0 Å². The van der Waals surface area contributed by atoms with Gasteiger partial charge < -0.3 is 0 Å². The van der Waals surface area contributed by atoms with E-state index >= 15 is 0 Å². The third-order valence-corrected chi connectivity index (χ3v) is 6.19. The highest BCUT2D eigenvalue weighted by molar-refractivity contribution is 6.30. The molecule has 0 fully saturated rings. The summed E-state index contributed by atoms with van der Waals surface area (Å²) < 4.78 is 0. The molecule has 0 saturated carbocycles. The Hall–Kier alpha value is -2.90. The first-order chi connectivity index (χ1) is 13.3. The van der Waals surface area contributed by atoms with E-state index in [1.807, 2.05) is 12.1 Å². The van der Waals surface area contributed by atoms with Crippen LogP contribution < -0.4 is 0 Å². The lowest BCUT2D eigenvalue weighted by Crippen LogP contribution is -2.27. The molecule has 128 valence electrons. The van der Waals surface area contributed by atoms with Gasteiger partial charge in [0.15, 0.2) is 0 Å². The van der Waals surface area contributed by atoms with Gasteiger partial charge in [-0.2, -0.15) is 0 Å². The lowest BCUT2D eigenvalue weighted by Gasteiger charge is -2.42. The molecule has 3 aromatic carbocycles. The number of rotatable bonds is 1. The number of hydrogen-bond acceptors (Lipinski definition) is 1. The van der Waals surface area contributed by atoms with E-state index in [1.54, 1.807) is 6.20 Å². The van der Waals surface area contributed by atoms with Crippen molar-refractivity contribution in [2.24, 2.45) is 0 Å². The highest BCUT2D eigenvalue weighted by atomic mass is 35.5. The molecular formula is C25H16ClN. The molecule has 1 nitrogen and oxygen atoms in total. The van der Waals surface area contributed by atoms with Crippen molar-refractivity contribution < 1.29 is 0 Å². The maximum Gasteiger partial charge on any atom is 0.0703 e. The molecule has 2 heteroatoms. The zero-order valence-electron chi connectivity index (χ0n) is 14.6. The molecule has 0 amide bonds. The molecule has 3 aliphatic rings. The fourth-order valence-electron chi connectivity index (χ4n) is 4.87. The average Bonchev–Trinajstić information content (AvgIpc) is 2.73. The van der Waals surface area contributed by atoms with E-state index in [9.17, 15) is 0 Å². The van der Waals surface area contributed by atoms with Crippen LogP contribution in [0.3, 0.4) is 0 Å². The van der Waals surface area contributed by atoms with Gasteiger partial charge in [-0.25, -0.2) is 0 Å². The molecular weight excluding hydrogens is 350 g/mol. The Balaban J connectivity index is 1.60. The summed E-state index contributed by atoms with van der Waals surface area (Å²) in [7, 11) is 0. The van der Waals surface area contributed by atoms with Crippen molar-refractivity contribution in [2.45, 2.75) is 11.8 Å². The van der Waals surface area contributed by atoms with Gasteiger partial charge in [-0.3, -0.25) is 4.98 Å². The summed E-state index contributed by atoms with van der Waals surface area (Å²) in [5, 5.41) is 0.665. The van der Waals surface area contributed by atoms with E-state index in [0.29, 0.717) is 16.9 Å². The predicted octanol–water partition coefficient (Wildman–Crippen LogP) is 6.39. The maximum absolute atomic E-state index is 6.02. The first-order valence-corrected chi connectivity index (χ1v) is 9.62. The SMILES string of the molecule is Clc1ccc(-c2ccc3c(c2)C2c4ccccc4C3c3ccccc32)nc1. The van der Waals surface area contributed by atoms with Gasteiger partial charge in [-0.1, -0.05) is 72.3 Å². The summed E-state index contributed by atoms with van der Waals surface area (Å²) in [4.78, 5) is 4.52. The van der Waals surface area contributed by atoms with Gasteiger partial charge in [-0.15, -0.1) is 0 Å². The van der Waals surface area contributed by atoms with Crippen LogP contribution in [0.2, 0.25) is 5.02 Å². The van der Waals surface area contributed by atoms with Crippen molar-refractivity contribution in [3.8, 4) is 11.3 Å². The van der Waals surface area contributed by atoms with Crippen LogP contribution in [0.15, 0.2) is 85.1 Å². The van der Waals surface area contributed by atoms with Crippen LogP contribution in [0, 0.1) is 0 Å². The van der Waals surface area contributed by atoms with Gasteiger partial charge in [0.05, 0.1) is 10.7 Å². The largest absolute Gasteiger partial charge is 0.255 e. The van der Waals surface area contributed by atoms with Crippen molar-refractivity contribution in [3.63, 3.8) is 0 Å². The number of benzene rings is 3. The van der Waals surface area contributed by atoms with Crippen LogP contribution in [0.5, 0.6) is 0 Å². The molecule has 0 spiro atoms. The summed E-state index contributed by atoms with van der Waals surface area (Å²) in [5.74, 6) is 0.620. The lowest BCUT2D eigenvalue weighted by molar-refractivity contribution is 0.754. The van der Waals surface area contributed by atoms with Crippen LogP contribution in [0.1, 0.15) is 45.2 Å². The van der Waals surface area contributed by atoms with Gasteiger partial charge in [0.2, 0.25) is 0 Å². The first kappa shape index (κ1) is 15.2. The molecule has 0 N–H and O–H groups in total. The standard InChI is InChI=1S/C25H16ClN/c26-16-10-12-23(27-14-16)15-9-11-21-22(13-15)25-19-7-3-1-5-17(19)24(21)18-6-2-4-8-20(18)25/h1-14,24-25H. The van der Waals surface area contributed by atoms with E-state index < -0.39 is 0 Å². The van der Waals surface area contributed by atoms with Crippen molar-refractivity contribution >= 4 is 11.6 Å². The minimum Gasteiger partial charge on any atom is -0.255 e. The minimum atomic E-state index is 0.296. The third kappa shape index (κ3) is 2.09. The molecule has 27 heavy (non-hydrogen) atoms. The summed E-state index contributed by atoms with van der Waals surface area (Å²) >= 11 is 6.02. The molecule has 3 aliphatic carbocycles. The van der Waals surface area contributed by atoms with E-state index in [4.69, 9.17) is 11.6 Å². The molecule has 2 bridgehead atoms. The fourth-order valence-corrected chi connectivity index (χ4v) is 4.98. The number of pyridine rings is 1. The van der Waals surface area contributed by atoms with Crippen LogP contribution >= 0.6 is 11.6 Å². The Morgan fingerprint density at radius 2 is 1.15 bits per heavy atom. The monoisotopic (exact) mass is 365 g/mol. The molecule has 4 aromatic rings. The zero-order chi connectivity index (χ0) is 18.0. The van der Waals surface area contributed by atoms with E-state index in [2.05, 4.69) is 71.7 Å². The summed E-state index contributed by atoms with van der Waals surface area (Å²) in [6, 6.07) is 28.5. The molecule has 1 aromatic heterocycles. The van der Waals surface area contributed by atoms with Crippen molar-refractivity contribution in [1.82, 2.24) is 4.98 Å². The smallest absolute Gasteiger partial charge is 0.0703 e. The second kappa shape index (κ2) is 5.55. The Morgan fingerprint density at radius 1 is 0.593 bits per heavy atom. The van der Waals surface area contributed by atoms with Gasteiger partial charge in [0, 0.05) is 23.6 Å². The van der Waals surface area contributed by atoms with Crippen LogP contribution in [0.25, 0.3) is 11.3 Å². The second-order valence-electron chi connectivity index (χ2n) is 7.33. The van der Waals surface area contributed by atoms with Gasteiger partial charge >= 0.3 is 0 Å². The predicted molar refractivity (Wildman–Crippen MR) is 109 cm³/mol. The Bertz CT molecular complexity index is 1150.